The maximum atomic E-state index is 9.46. The van der Waals surface area contributed by atoms with Gasteiger partial charge in [0.25, 0.3) is 0 Å². The molecule has 0 saturated carbocycles. The third-order valence-electron chi connectivity index (χ3n) is 3.86. The number of benzene rings is 2. The second kappa shape index (κ2) is 7.07. The molecule has 0 unspecified atom stereocenters. The van der Waals surface area contributed by atoms with Crippen molar-refractivity contribution < 1.29 is 5.21 Å². The normalized spacial score (nSPS) is 11.5. The maximum absolute atomic E-state index is 9.46. The molecule has 1 aromatic heterocycles. The quantitative estimate of drug-likeness (QED) is 0.342. The molecular formula is C19H17ClN2OS. The van der Waals surface area contributed by atoms with Crippen LogP contribution in [0.3, 0.4) is 0 Å². The van der Waals surface area contributed by atoms with Crippen molar-refractivity contribution in [2.75, 3.05) is 5.32 Å². The minimum Gasteiger partial charge on any atom is -0.410 e. The Labute approximate surface area is 150 Å². The number of aryl methyl sites for hydroxylation is 2. The predicted molar refractivity (Wildman–Crippen MR) is 102 cm³/mol. The molecule has 2 N–H and O–H groups in total. The van der Waals surface area contributed by atoms with Crippen LogP contribution in [0.2, 0.25) is 5.02 Å². The topological polar surface area (TPSA) is 44.6 Å². The average Bonchev–Trinajstić information content (AvgIpc) is 2.98. The molecule has 2 aromatic carbocycles. The third-order valence-corrected chi connectivity index (χ3v) is 5.03. The van der Waals surface area contributed by atoms with Gasteiger partial charge in [-0.2, -0.15) is 11.3 Å². The van der Waals surface area contributed by atoms with Crippen LogP contribution in [0.1, 0.15) is 22.3 Å². The first-order chi connectivity index (χ1) is 11.6. The van der Waals surface area contributed by atoms with Crippen molar-refractivity contribution in [3.05, 3.63) is 80.5 Å². The second-order valence-corrected chi connectivity index (χ2v) is 6.70. The number of thiophene rings is 1. The SMILES string of the molecule is Cc1ccccc1Nc1ccc(C(=NO)c2cscc2C)c(Cl)c1. The zero-order valence-electron chi connectivity index (χ0n) is 13.4. The number of nitrogens with zero attached hydrogens (tertiary/aromatic N) is 1. The third kappa shape index (κ3) is 3.30. The fourth-order valence-corrected chi connectivity index (χ4v) is 3.61. The summed E-state index contributed by atoms with van der Waals surface area (Å²) in [6.45, 7) is 4.03. The molecule has 122 valence electrons. The number of hydrogen-bond acceptors (Lipinski definition) is 4. The lowest BCUT2D eigenvalue weighted by atomic mass is 10.0. The van der Waals surface area contributed by atoms with Gasteiger partial charge in [-0.3, -0.25) is 0 Å². The minimum atomic E-state index is 0.487. The van der Waals surface area contributed by atoms with Crippen LogP contribution in [0.15, 0.2) is 58.4 Å². The van der Waals surface area contributed by atoms with Crippen LogP contribution >= 0.6 is 22.9 Å². The highest BCUT2D eigenvalue weighted by Crippen LogP contribution is 2.28. The van der Waals surface area contributed by atoms with E-state index >= 15 is 0 Å². The number of anilines is 2. The van der Waals surface area contributed by atoms with E-state index in [9.17, 15) is 5.21 Å². The molecule has 3 rings (SSSR count). The number of nitrogens with one attached hydrogen (secondary N) is 1. The standard InChI is InChI=1S/C19H17ClN2OS/c1-12-5-3-4-6-18(12)21-14-7-8-15(17(20)9-14)19(22-23)16-11-24-10-13(16)2/h3-11,21,23H,1-2H3. The average molecular weight is 357 g/mol. The smallest absolute Gasteiger partial charge is 0.119 e. The number of halogens is 1. The van der Waals surface area contributed by atoms with Gasteiger partial charge in [0.1, 0.15) is 5.71 Å². The van der Waals surface area contributed by atoms with Crippen molar-refractivity contribution in [2.45, 2.75) is 13.8 Å². The molecule has 5 heteroatoms. The summed E-state index contributed by atoms with van der Waals surface area (Å²) < 4.78 is 0. The van der Waals surface area contributed by atoms with E-state index in [0.29, 0.717) is 16.3 Å². The molecule has 3 nitrogen and oxygen atoms in total. The van der Waals surface area contributed by atoms with Gasteiger partial charge in [0, 0.05) is 27.9 Å². The second-order valence-electron chi connectivity index (χ2n) is 5.55. The van der Waals surface area contributed by atoms with Crippen LogP contribution in [0, 0.1) is 13.8 Å². The predicted octanol–water partition coefficient (Wildman–Crippen LogP) is 5.99. The minimum absolute atomic E-state index is 0.487. The molecule has 0 aliphatic heterocycles. The maximum Gasteiger partial charge on any atom is 0.119 e. The van der Waals surface area contributed by atoms with E-state index in [2.05, 4.69) is 10.5 Å². The van der Waals surface area contributed by atoms with Gasteiger partial charge in [-0.15, -0.1) is 0 Å². The molecule has 0 aliphatic carbocycles. The van der Waals surface area contributed by atoms with Crippen LogP contribution in [-0.2, 0) is 0 Å². The fourth-order valence-electron chi connectivity index (χ4n) is 2.51. The Morgan fingerprint density at radius 2 is 1.83 bits per heavy atom. The Hall–Kier alpha value is -2.30. The van der Waals surface area contributed by atoms with Crippen molar-refractivity contribution in [3.63, 3.8) is 0 Å². The number of para-hydroxylation sites is 1. The molecule has 0 radical (unpaired) electrons. The molecule has 0 atom stereocenters. The van der Waals surface area contributed by atoms with Gasteiger partial charge >= 0.3 is 0 Å². The van der Waals surface area contributed by atoms with Crippen molar-refractivity contribution in [2.24, 2.45) is 5.16 Å². The lowest BCUT2D eigenvalue weighted by Gasteiger charge is -2.12. The highest BCUT2D eigenvalue weighted by atomic mass is 35.5. The van der Waals surface area contributed by atoms with E-state index in [1.165, 1.54) is 0 Å². The van der Waals surface area contributed by atoms with Crippen LogP contribution in [0.5, 0.6) is 0 Å². The summed E-state index contributed by atoms with van der Waals surface area (Å²) in [5, 5.41) is 20.8. The van der Waals surface area contributed by atoms with E-state index in [4.69, 9.17) is 11.6 Å². The largest absolute Gasteiger partial charge is 0.410 e. The molecule has 0 spiro atoms. The molecule has 0 aliphatic rings. The lowest BCUT2D eigenvalue weighted by molar-refractivity contribution is 0.319. The number of oxime groups is 1. The molecule has 0 amide bonds. The lowest BCUT2D eigenvalue weighted by Crippen LogP contribution is -2.05. The summed E-state index contributed by atoms with van der Waals surface area (Å²) in [6, 6.07) is 13.7. The Kier molecular flexibility index (Phi) is 4.88. The van der Waals surface area contributed by atoms with Gasteiger partial charge in [-0.25, -0.2) is 0 Å². The number of rotatable bonds is 4. The summed E-state index contributed by atoms with van der Waals surface area (Å²) in [5.74, 6) is 0. The Morgan fingerprint density at radius 1 is 1.04 bits per heavy atom. The van der Waals surface area contributed by atoms with Crippen LogP contribution in [0.4, 0.5) is 11.4 Å². The van der Waals surface area contributed by atoms with Gasteiger partial charge in [-0.1, -0.05) is 35.0 Å². The molecular weight excluding hydrogens is 340 g/mol. The first-order valence-corrected chi connectivity index (χ1v) is 8.80. The van der Waals surface area contributed by atoms with Gasteiger partial charge in [0.05, 0.1) is 5.02 Å². The molecule has 0 saturated heterocycles. The van der Waals surface area contributed by atoms with E-state index in [-0.39, 0.29) is 0 Å². The molecule has 0 fully saturated rings. The van der Waals surface area contributed by atoms with Crippen LogP contribution < -0.4 is 5.32 Å². The molecule has 24 heavy (non-hydrogen) atoms. The zero-order chi connectivity index (χ0) is 17.1. The van der Waals surface area contributed by atoms with Crippen molar-refractivity contribution in [1.29, 1.82) is 0 Å². The van der Waals surface area contributed by atoms with E-state index in [1.807, 2.05) is 67.1 Å². The first kappa shape index (κ1) is 16.6. The van der Waals surface area contributed by atoms with Crippen LogP contribution in [0.25, 0.3) is 0 Å². The Bertz CT molecular complexity index is 902. The highest BCUT2D eigenvalue weighted by Gasteiger charge is 2.15. The highest BCUT2D eigenvalue weighted by molar-refractivity contribution is 7.08. The van der Waals surface area contributed by atoms with Crippen molar-refractivity contribution >= 4 is 40.0 Å². The molecule has 0 bridgehead atoms. The fraction of sp³-hybridized carbons (Fsp3) is 0.105. The number of hydrogen-bond donors (Lipinski definition) is 2. The van der Waals surface area contributed by atoms with Gasteiger partial charge in [0.2, 0.25) is 0 Å². The Morgan fingerprint density at radius 3 is 2.46 bits per heavy atom. The van der Waals surface area contributed by atoms with Gasteiger partial charge in [-0.05, 0) is 54.6 Å². The molecule has 3 aromatic rings. The summed E-state index contributed by atoms with van der Waals surface area (Å²) in [4.78, 5) is 0. The zero-order valence-corrected chi connectivity index (χ0v) is 14.9. The monoisotopic (exact) mass is 356 g/mol. The first-order valence-electron chi connectivity index (χ1n) is 7.48. The van der Waals surface area contributed by atoms with Crippen molar-refractivity contribution in [1.82, 2.24) is 0 Å². The van der Waals surface area contributed by atoms with Gasteiger partial charge < -0.3 is 10.5 Å². The van der Waals surface area contributed by atoms with E-state index in [1.54, 1.807) is 11.3 Å². The summed E-state index contributed by atoms with van der Waals surface area (Å²) in [7, 11) is 0. The van der Waals surface area contributed by atoms with E-state index < -0.39 is 0 Å². The van der Waals surface area contributed by atoms with Crippen molar-refractivity contribution in [3.8, 4) is 0 Å². The van der Waals surface area contributed by atoms with Crippen LogP contribution in [-0.4, -0.2) is 10.9 Å². The van der Waals surface area contributed by atoms with Gasteiger partial charge in [0.15, 0.2) is 0 Å². The Balaban J connectivity index is 1.93. The summed E-state index contributed by atoms with van der Waals surface area (Å²) in [5.41, 5.74) is 6.22. The summed E-state index contributed by atoms with van der Waals surface area (Å²) >= 11 is 8.02. The summed E-state index contributed by atoms with van der Waals surface area (Å²) in [6.07, 6.45) is 0. The molecule has 1 heterocycles. The van der Waals surface area contributed by atoms with E-state index in [0.717, 1.165) is 28.1 Å².